The molecule has 1 fully saturated rings. The van der Waals surface area contributed by atoms with E-state index >= 15 is 0 Å². The van der Waals surface area contributed by atoms with E-state index in [1.165, 1.54) is 33.2 Å². The fourth-order valence-electron chi connectivity index (χ4n) is 5.25. The van der Waals surface area contributed by atoms with Crippen molar-refractivity contribution in [3.05, 3.63) is 95.0 Å². The maximum Gasteiger partial charge on any atom is 0.330 e. The number of nitrogens with one attached hydrogen (secondary N) is 2. The van der Waals surface area contributed by atoms with Crippen LogP contribution in [0.3, 0.4) is 0 Å². The number of urea groups is 1. The van der Waals surface area contributed by atoms with Crippen molar-refractivity contribution in [3.8, 4) is 0 Å². The third-order valence-electron chi connectivity index (χ3n) is 7.50. The number of hydrogen-bond donors (Lipinski definition) is 2. The smallest absolute Gasteiger partial charge is 0.325 e. The van der Waals surface area contributed by atoms with Gasteiger partial charge < -0.3 is 10.2 Å². The zero-order valence-electron chi connectivity index (χ0n) is 23.4. The standard InChI is InChI=1S/C30H31F2N5O4S2/c1-36(25-7-8-28-26(18-25)33-19-42-28)29(38)27(16-22-14-23(31)17-24(32)15-22)34-30(39)35-43(40,41)37-11-9-21(10-12-37)13-20-5-3-2-4-6-20/h2-8,14-15,17-19,21,27H,9-13,16H2,1H3,(H2,34,35,39)/t27-/m0/s1. The highest BCUT2D eigenvalue weighted by molar-refractivity contribution is 7.87. The van der Waals surface area contributed by atoms with E-state index in [-0.39, 0.29) is 25.1 Å². The summed E-state index contributed by atoms with van der Waals surface area (Å²) in [6, 6.07) is 15.5. The second-order valence-electron chi connectivity index (χ2n) is 10.5. The second kappa shape index (κ2) is 13.1. The summed E-state index contributed by atoms with van der Waals surface area (Å²) in [4.78, 5) is 32.1. The first-order valence-corrected chi connectivity index (χ1v) is 16.1. The van der Waals surface area contributed by atoms with Gasteiger partial charge in [0.1, 0.15) is 17.7 Å². The summed E-state index contributed by atoms with van der Waals surface area (Å²) in [5, 5.41) is 2.42. The van der Waals surface area contributed by atoms with E-state index in [0.717, 1.165) is 23.3 Å². The number of hydrogen-bond acceptors (Lipinski definition) is 6. The molecule has 1 saturated heterocycles. The van der Waals surface area contributed by atoms with Crippen LogP contribution in [0.15, 0.2) is 72.2 Å². The van der Waals surface area contributed by atoms with E-state index in [9.17, 15) is 26.8 Å². The molecule has 0 spiro atoms. The zero-order chi connectivity index (χ0) is 30.6. The first kappa shape index (κ1) is 30.5. The number of piperidine rings is 1. The van der Waals surface area contributed by atoms with Crippen molar-refractivity contribution in [1.29, 1.82) is 0 Å². The number of carbonyl (C=O) groups excluding carboxylic acids is 2. The predicted molar refractivity (Wildman–Crippen MR) is 162 cm³/mol. The third-order valence-corrected chi connectivity index (χ3v) is 9.80. The minimum Gasteiger partial charge on any atom is -0.325 e. The molecule has 1 aromatic heterocycles. The number of aromatic nitrogens is 1. The van der Waals surface area contributed by atoms with Gasteiger partial charge in [-0.25, -0.2) is 23.3 Å². The first-order chi connectivity index (χ1) is 20.6. The average molecular weight is 628 g/mol. The van der Waals surface area contributed by atoms with Crippen molar-refractivity contribution in [1.82, 2.24) is 19.3 Å². The lowest BCUT2D eigenvalue weighted by Gasteiger charge is -2.31. The summed E-state index contributed by atoms with van der Waals surface area (Å²) >= 11 is 1.44. The molecule has 0 aliphatic carbocycles. The van der Waals surface area contributed by atoms with Crippen molar-refractivity contribution in [2.45, 2.75) is 31.7 Å². The highest BCUT2D eigenvalue weighted by Gasteiger charge is 2.32. The zero-order valence-corrected chi connectivity index (χ0v) is 25.0. The van der Waals surface area contributed by atoms with E-state index in [1.807, 2.05) is 35.1 Å². The second-order valence-corrected chi connectivity index (χ2v) is 13.1. The number of nitrogens with zero attached hydrogens (tertiary/aromatic N) is 3. The van der Waals surface area contributed by atoms with Crippen LogP contribution in [0.2, 0.25) is 0 Å². The van der Waals surface area contributed by atoms with E-state index < -0.39 is 39.8 Å². The van der Waals surface area contributed by atoms with Gasteiger partial charge in [-0.15, -0.1) is 11.3 Å². The molecule has 4 aromatic rings. The van der Waals surface area contributed by atoms with Gasteiger partial charge in [0.25, 0.3) is 0 Å². The fraction of sp³-hybridized carbons (Fsp3) is 0.300. The molecular weight excluding hydrogens is 596 g/mol. The van der Waals surface area contributed by atoms with Crippen LogP contribution in [-0.2, 0) is 27.8 Å². The molecule has 2 N–H and O–H groups in total. The Morgan fingerprint density at radius 1 is 1.02 bits per heavy atom. The molecule has 3 aromatic carbocycles. The molecule has 5 rings (SSSR count). The maximum atomic E-state index is 13.9. The minimum atomic E-state index is -4.21. The monoisotopic (exact) mass is 627 g/mol. The summed E-state index contributed by atoms with van der Waals surface area (Å²) in [6.07, 6.45) is 1.83. The van der Waals surface area contributed by atoms with Gasteiger partial charge in [-0.05, 0) is 66.6 Å². The molecule has 3 amide bonds. The third kappa shape index (κ3) is 7.72. The Kier molecular flexibility index (Phi) is 9.33. The van der Waals surface area contributed by atoms with E-state index in [1.54, 1.807) is 23.7 Å². The number of thiazole rings is 1. The molecular formula is C30H31F2N5O4S2. The van der Waals surface area contributed by atoms with Crippen LogP contribution in [0.5, 0.6) is 0 Å². The Morgan fingerprint density at radius 3 is 2.42 bits per heavy atom. The molecule has 0 radical (unpaired) electrons. The molecule has 2 heterocycles. The van der Waals surface area contributed by atoms with Crippen LogP contribution in [0.1, 0.15) is 24.0 Å². The van der Waals surface area contributed by atoms with Gasteiger partial charge >= 0.3 is 16.2 Å². The van der Waals surface area contributed by atoms with Gasteiger partial charge in [-0.2, -0.15) is 12.7 Å². The van der Waals surface area contributed by atoms with E-state index in [2.05, 4.69) is 10.3 Å². The Morgan fingerprint density at radius 2 is 1.72 bits per heavy atom. The van der Waals surface area contributed by atoms with Crippen molar-refractivity contribution in [2.24, 2.45) is 5.92 Å². The number of rotatable bonds is 9. The average Bonchev–Trinajstić information content (AvgIpc) is 3.44. The molecule has 1 aliphatic rings. The molecule has 0 saturated carbocycles. The Labute approximate surface area is 252 Å². The summed E-state index contributed by atoms with van der Waals surface area (Å²) < 4.78 is 58.1. The molecule has 1 aliphatic heterocycles. The lowest BCUT2D eigenvalue weighted by atomic mass is 9.91. The number of fused-ring (bicyclic) bond motifs is 1. The molecule has 0 unspecified atom stereocenters. The summed E-state index contributed by atoms with van der Waals surface area (Å²) in [7, 11) is -2.72. The summed E-state index contributed by atoms with van der Waals surface area (Å²) in [5.74, 6) is -1.98. The first-order valence-electron chi connectivity index (χ1n) is 13.8. The minimum absolute atomic E-state index is 0.114. The van der Waals surface area contributed by atoms with E-state index in [4.69, 9.17) is 0 Å². The van der Waals surface area contributed by atoms with Crippen molar-refractivity contribution in [2.75, 3.05) is 25.0 Å². The number of carbonyl (C=O) groups is 2. The predicted octanol–water partition coefficient (Wildman–Crippen LogP) is 4.65. The van der Waals surface area contributed by atoms with Crippen LogP contribution >= 0.6 is 11.3 Å². The molecule has 43 heavy (non-hydrogen) atoms. The number of likely N-dealkylation sites (N-methyl/N-ethyl adjacent to an activating group) is 1. The topological polar surface area (TPSA) is 112 Å². The fourth-order valence-corrected chi connectivity index (χ4v) is 7.02. The Hall–Kier alpha value is -3.94. The number of halogens is 2. The largest absolute Gasteiger partial charge is 0.330 e. The lowest BCUT2D eigenvalue weighted by molar-refractivity contribution is -0.120. The van der Waals surface area contributed by atoms with Crippen LogP contribution in [0.25, 0.3) is 10.2 Å². The Bertz CT molecular complexity index is 1690. The van der Waals surface area contributed by atoms with Crippen LogP contribution in [0.4, 0.5) is 19.3 Å². The maximum absolute atomic E-state index is 13.9. The van der Waals surface area contributed by atoms with Gasteiger partial charge in [-0.3, -0.25) is 4.79 Å². The van der Waals surface area contributed by atoms with Gasteiger partial charge in [0.2, 0.25) is 5.91 Å². The molecule has 13 heteroatoms. The molecule has 9 nitrogen and oxygen atoms in total. The van der Waals surface area contributed by atoms with Crippen LogP contribution in [-0.4, -0.2) is 55.8 Å². The normalized spacial score (nSPS) is 15.2. The number of anilines is 1. The molecule has 0 bridgehead atoms. The number of benzene rings is 3. The van der Waals surface area contributed by atoms with Gasteiger partial charge in [-0.1, -0.05) is 30.3 Å². The summed E-state index contributed by atoms with van der Waals surface area (Å²) in [5.41, 5.74) is 4.13. The highest BCUT2D eigenvalue weighted by Crippen LogP contribution is 2.25. The van der Waals surface area contributed by atoms with Gasteiger partial charge in [0, 0.05) is 38.3 Å². The van der Waals surface area contributed by atoms with Crippen molar-refractivity contribution in [3.63, 3.8) is 0 Å². The van der Waals surface area contributed by atoms with Crippen molar-refractivity contribution < 1.29 is 26.8 Å². The quantitative estimate of drug-likeness (QED) is 0.281. The Balaban J connectivity index is 1.27. The SMILES string of the molecule is CN(C(=O)[C@H](Cc1cc(F)cc(F)c1)NC(=O)NS(=O)(=O)N1CCC(Cc2ccccc2)CC1)c1ccc2scnc2c1. The lowest BCUT2D eigenvalue weighted by Crippen LogP contribution is -2.55. The molecule has 1 atom stereocenters. The number of amides is 3. The van der Waals surface area contributed by atoms with Crippen molar-refractivity contribution >= 4 is 49.4 Å². The van der Waals surface area contributed by atoms with E-state index in [0.29, 0.717) is 36.0 Å². The highest BCUT2D eigenvalue weighted by atomic mass is 32.2. The van der Waals surface area contributed by atoms with Gasteiger partial charge in [0.05, 0.1) is 15.7 Å². The molecule has 226 valence electrons. The van der Waals surface area contributed by atoms with Crippen LogP contribution in [0, 0.1) is 17.6 Å². The summed E-state index contributed by atoms with van der Waals surface area (Å²) in [6.45, 7) is 0.486. The van der Waals surface area contributed by atoms with Gasteiger partial charge in [0.15, 0.2) is 0 Å². The van der Waals surface area contributed by atoms with Crippen LogP contribution < -0.4 is 14.9 Å².